The van der Waals surface area contributed by atoms with Crippen molar-refractivity contribution in [2.45, 2.75) is 37.5 Å². The minimum atomic E-state index is -3.70. The van der Waals surface area contributed by atoms with Gasteiger partial charge in [0.2, 0.25) is 0 Å². The molecule has 24 heavy (non-hydrogen) atoms. The van der Waals surface area contributed by atoms with Gasteiger partial charge in [-0.25, -0.2) is 13.4 Å². The lowest BCUT2D eigenvalue weighted by molar-refractivity contribution is 0.601. The molecule has 0 spiro atoms. The molecule has 124 valence electrons. The molecule has 1 N–H and O–H groups in total. The molecule has 0 bridgehead atoms. The van der Waals surface area contributed by atoms with Gasteiger partial charge in [-0.05, 0) is 38.7 Å². The van der Waals surface area contributed by atoms with Gasteiger partial charge < -0.3 is 0 Å². The zero-order valence-corrected chi connectivity index (χ0v) is 14.9. The molecule has 0 fully saturated rings. The van der Waals surface area contributed by atoms with Gasteiger partial charge in [0.25, 0.3) is 10.0 Å². The van der Waals surface area contributed by atoms with Crippen molar-refractivity contribution in [1.29, 1.82) is 0 Å². The van der Waals surface area contributed by atoms with E-state index in [1.165, 1.54) is 17.5 Å². The number of sulfonamides is 1. The molecule has 0 aliphatic heterocycles. The van der Waals surface area contributed by atoms with Gasteiger partial charge in [-0.1, -0.05) is 18.2 Å². The zero-order chi connectivity index (χ0) is 16.7. The molecule has 1 aliphatic carbocycles. The van der Waals surface area contributed by atoms with E-state index in [9.17, 15) is 8.42 Å². The maximum Gasteiger partial charge on any atom is 0.264 e. The van der Waals surface area contributed by atoms with E-state index in [0.29, 0.717) is 10.7 Å². The first-order chi connectivity index (χ1) is 11.5. The number of aromatic nitrogens is 2. The Morgan fingerprint density at radius 3 is 2.71 bits per heavy atom. The van der Waals surface area contributed by atoms with E-state index in [1.807, 2.05) is 31.2 Å². The molecule has 4 rings (SSSR count). The highest BCUT2D eigenvalue weighted by molar-refractivity contribution is 7.93. The summed E-state index contributed by atoms with van der Waals surface area (Å²) in [4.78, 5) is 9.96. The molecule has 5 nitrogen and oxygen atoms in total. The van der Waals surface area contributed by atoms with E-state index in [2.05, 4.69) is 14.7 Å². The van der Waals surface area contributed by atoms with E-state index in [-0.39, 0.29) is 0 Å². The quantitative estimate of drug-likeness (QED) is 0.774. The van der Waals surface area contributed by atoms with E-state index in [0.717, 1.165) is 52.0 Å². The van der Waals surface area contributed by atoms with Crippen LogP contribution in [-0.4, -0.2) is 18.4 Å². The minimum Gasteiger partial charge on any atom is -0.262 e. The van der Waals surface area contributed by atoms with Gasteiger partial charge >= 0.3 is 0 Å². The third kappa shape index (κ3) is 2.67. The molecule has 2 heterocycles. The molecule has 0 saturated carbocycles. The Balaban J connectivity index is 1.74. The summed E-state index contributed by atoms with van der Waals surface area (Å²) in [7, 11) is -3.70. The van der Waals surface area contributed by atoms with Crippen molar-refractivity contribution in [2.75, 3.05) is 4.72 Å². The normalized spacial score (nSPS) is 14.5. The van der Waals surface area contributed by atoms with Crippen LogP contribution in [0.1, 0.15) is 29.1 Å². The van der Waals surface area contributed by atoms with Gasteiger partial charge in [0, 0.05) is 15.0 Å². The number of nitrogens with zero attached hydrogens (tertiary/aromatic N) is 2. The average Bonchev–Trinajstić information content (AvgIpc) is 2.91. The Hall–Kier alpha value is -1.99. The van der Waals surface area contributed by atoms with Crippen LogP contribution in [0.4, 0.5) is 5.82 Å². The van der Waals surface area contributed by atoms with Crippen molar-refractivity contribution < 1.29 is 8.42 Å². The predicted molar refractivity (Wildman–Crippen MR) is 96.0 cm³/mol. The first-order valence-corrected chi connectivity index (χ1v) is 10.2. The van der Waals surface area contributed by atoms with Crippen molar-refractivity contribution in [3.63, 3.8) is 0 Å². The molecular formula is C17H17N3O2S2. The van der Waals surface area contributed by atoms with Crippen LogP contribution in [0, 0.1) is 6.92 Å². The van der Waals surface area contributed by atoms with Gasteiger partial charge in [0.1, 0.15) is 4.90 Å². The monoisotopic (exact) mass is 359 g/mol. The Morgan fingerprint density at radius 1 is 1.12 bits per heavy atom. The SMILES string of the molecule is Cc1sc2ccccc2c1S(=O)(=O)Nc1cnc2c(n1)CCCC2. The summed E-state index contributed by atoms with van der Waals surface area (Å²) in [6, 6.07) is 7.54. The van der Waals surface area contributed by atoms with Crippen LogP contribution in [0.2, 0.25) is 0 Å². The molecule has 0 saturated heterocycles. The number of hydrogen-bond donors (Lipinski definition) is 1. The van der Waals surface area contributed by atoms with Crippen LogP contribution < -0.4 is 4.72 Å². The van der Waals surface area contributed by atoms with Crippen molar-refractivity contribution in [3.8, 4) is 0 Å². The summed E-state index contributed by atoms with van der Waals surface area (Å²) < 4.78 is 29.4. The van der Waals surface area contributed by atoms with E-state index < -0.39 is 10.0 Å². The number of benzene rings is 1. The summed E-state index contributed by atoms with van der Waals surface area (Å²) >= 11 is 1.48. The Morgan fingerprint density at radius 2 is 1.88 bits per heavy atom. The second-order valence-corrected chi connectivity index (χ2v) is 8.82. The molecule has 0 unspecified atom stereocenters. The lowest BCUT2D eigenvalue weighted by Gasteiger charge is -2.15. The van der Waals surface area contributed by atoms with E-state index in [1.54, 1.807) is 0 Å². The smallest absolute Gasteiger partial charge is 0.262 e. The van der Waals surface area contributed by atoms with Crippen molar-refractivity contribution in [3.05, 3.63) is 46.7 Å². The second-order valence-electron chi connectivity index (χ2n) is 5.94. The number of fused-ring (bicyclic) bond motifs is 2. The van der Waals surface area contributed by atoms with Crippen LogP contribution in [0.5, 0.6) is 0 Å². The molecule has 0 radical (unpaired) electrons. The van der Waals surface area contributed by atoms with Crippen molar-refractivity contribution in [1.82, 2.24) is 9.97 Å². The van der Waals surface area contributed by atoms with Crippen molar-refractivity contribution in [2.24, 2.45) is 0 Å². The molecule has 1 aliphatic rings. The summed E-state index contributed by atoms with van der Waals surface area (Å²) in [5.41, 5.74) is 1.90. The third-order valence-electron chi connectivity index (χ3n) is 4.23. The number of hydrogen-bond acceptors (Lipinski definition) is 5. The summed E-state index contributed by atoms with van der Waals surface area (Å²) in [6.07, 6.45) is 5.49. The highest BCUT2D eigenvalue weighted by Crippen LogP contribution is 2.34. The third-order valence-corrected chi connectivity index (χ3v) is 6.99. The van der Waals surface area contributed by atoms with Gasteiger partial charge in [-0.15, -0.1) is 11.3 Å². The van der Waals surface area contributed by atoms with Gasteiger partial charge in [0.05, 0.1) is 17.6 Å². The molecule has 0 amide bonds. The standard InChI is InChI=1S/C17H17N3O2S2/c1-11-17(12-6-2-5-9-15(12)23-11)24(21,22)20-16-10-18-13-7-3-4-8-14(13)19-16/h2,5-6,9-10H,3-4,7-8H2,1H3,(H,19,20). The Kier molecular flexibility index (Phi) is 3.77. The van der Waals surface area contributed by atoms with Crippen LogP contribution in [-0.2, 0) is 22.9 Å². The summed E-state index contributed by atoms with van der Waals surface area (Å²) in [5, 5.41) is 0.749. The topological polar surface area (TPSA) is 72.0 Å². The lowest BCUT2D eigenvalue weighted by Crippen LogP contribution is -2.17. The maximum atomic E-state index is 12.9. The van der Waals surface area contributed by atoms with Gasteiger partial charge in [-0.2, -0.15) is 0 Å². The van der Waals surface area contributed by atoms with Gasteiger partial charge in [0.15, 0.2) is 5.82 Å². The predicted octanol–water partition coefficient (Wildman–Crippen LogP) is 3.68. The highest BCUT2D eigenvalue weighted by Gasteiger charge is 2.24. The molecule has 7 heteroatoms. The fourth-order valence-corrected chi connectivity index (χ4v) is 5.96. The van der Waals surface area contributed by atoms with Gasteiger partial charge in [-0.3, -0.25) is 9.71 Å². The molecule has 2 aromatic heterocycles. The van der Waals surface area contributed by atoms with Crippen molar-refractivity contribution >= 4 is 37.3 Å². The number of anilines is 1. The molecular weight excluding hydrogens is 342 g/mol. The maximum absolute atomic E-state index is 12.9. The first kappa shape index (κ1) is 15.5. The number of thiophene rings is 1. The Labute approximate surface area is 144 Å². The average molecular weight is 359 g/mol. The van der Waals surface area contributed by atoms with Crippen LogP contribution in [0.15, 0.2) is 35.4 Å². The summed E-state index contributed by atoms with van der Waals surface area (Å²) in [5.74, 6) is 0.297. The van der Waals surface area contributed by atoms with Crippen LogP contribution in [0.25, 0.3) is 10.1 Å². The van der Waals surface area contributed by atoms with E-state index in [4.69, 9.17) is 0 Å². The molecule has 0 atom stereocenters. The highest BCUT2D eigenvalue weighted by atomic mass is 32.2. The van der Waals surface area contributed by atoms with Crippen LogP contribution >= 0.6 is 11.3 Å². The fourth-order valence-electron chi connectivity index (χ4n) is 3.16. The first-order valence-electron chi connectivity index (χ1n) is 7.90. The fraction of sp³-hybridized carbons (Fsp3) is 0.294. The number of nitrogens with one attached hydrogen (secondary N) is 1. The number of aryl methyl sites for hydroxylation is 3. The van der Waals surface area contributed by atoms with Crippen LogP contribution in [0.3, 0.4) is 0 Å². The zero-order valence-electron chi connectivity index (χ0n) is 13.2. The second kappa shape index (κ2) is 5.82. The van der Waals surface area contributed by atoms with E-state index >= 15 is 0 Å². The molecule has 3 aromatic rings. The summed E-state index contributed by atoms with van der Waals surface area (Å²) in [6.45, 7) is 1.83. The Bertz CT molecular complexity index is 1030. The lowest BCUT2D eigenvalue weighted by atomic mass is 10.0. The molecule has 1 aromatic carbocycles. The minimum absolute atomic E-state index is 0.297. The number of rotatable bonds is 3. The largest absolute Gasteiger partial charge is 0.264 e.